The molecule has 5 aromatic rings. The minimum Gasteiger partial charge on any atom is -0.507 e. The second kappa shape index (κ2) is 10.6. The Bertz CT molecular complexity index is 1740. The van der Waals surface area contributed by atoms with Crippen LogP contribution in [0.5, 0.6) is 23.0 Å². The lowest BCUT2D eigenvalue weighted by atomic mass is 9.85. The molecule has 4 aromatic carbocycles. The van der Waals surface area contributed by atoms with Crippen molar-refractivity contribution in [1.29, 1.82) is 0 Å². The predicted octanol–water partition coefficient (Wildman–Crippen LogP) is 6.24. The number of fused-ring (bicyclic) bond motifs is 3. The number of carbonyl (C=O) groups is 1. The second-order valence-corrected chi connectivity index (χ2v) is 9.60. The number of ether oxygens (including phenoxy) is 3. The quantitative estimate of drug-likeness (QED) is 0.195. The number of methoxy groups -OCH3 is 1. The normalized spacial score (nSPS) is 14.4. The number of benzene rings is 4. The van der Waals surface area contributed by atoms with Crippen LogP contribution >= 0.6 is 0 Å². The molecular formula is C33H26O7. The van der Waals surface area contributed by atoms with Crippen LogP contribution in [0.3, 0.4) is 0 Å². The number of aromatic hydroxyl groups is 1. The van der Waals surface area contributed by atoms with Crippen LogP contribution in [-0.4, -0.2) is 24.8 Å². The molecule has 1 aliphatic heterocycles. The molecule has 200 valence electrons. The third-order valence-corrected chi connectivity index (χ3v) is 7.16. The predicted molar refractivity (Wildman–Crippen MR) is 150 cm³/mol. The van der Waals surface area contributed by atoms with Crippen LogP contribution in [0.2, 0.25) is 0 Å². The highest BCUT2D eigenvalue weighted by Crippen LogP contribution is 2.45. The van der Waals surface area contributed by atoms with E-state index in [2.05, 4.69) is 0 Å². The lowest BCUT2D eigenvalue weighted by molar-refractivity contribution is -0.135. The van der Waals surface area contributed by atoms with Crippen molar-refractivity contribution < 1.29 is 28.5 Å². The topological polar surface area (TPSA) is 95.2 Å². The third-order valence-electron chi connectivity index (χ3n) is 7.16. The number of carbonyl (C=O) groups excluding carboxylic acids is 1. The van der Waals surface area contributed by atoms with Gasteiger partial charge in [0.1, 0.15) is 40.2 Å². The monoisotopic (exact) mass is 534 g/mol. The Balaban J connectivity index is 1.30. The Hall–Kier alpha value is -5.04. The highest BCUT2D eigenvalue weighted by molar-refractivity contribution is 5.94. The summed E-state index contributed by atoms with van der Waals surface area (Å²) >= 11 is 0. The molecule has 2 heterocycles. The summed E-state index contributed by atoms with van der Waals surface area (Å²) in [5, 5.41) is 10.8. The number of phenolic OH excluding ortho intramolecular Hbond substituents is 1. The largest absolute Gasteiger partial charge is 0.507 e. The van der Waals surface area contributed by atoms with Crippen LogP contribution in [0, 0.1) is 0 Å². The molecule has 40 heavy (non-hydrogen) atoms. The van der Waals surface area contributed by atoms with Crippen LogP contribution in [0.4, 0.5) is 0 Å². The van der Waals surface area contributed by atoms with E-state index in [-0.39, 0.29) is 34.3 Å². The summed E-state index contributed by atoms with van der Waals surface area (Å²) in [5.41, 5.74) is 3.40. The number of rotatable bonds is 7. The van der Waals surface area contributed by atoms with Crippen molar-refractivity contribution in [1.82, 2.24) is 0 Å². The first-order valence-electron chi connectivity index (χ1n) is 12.9. The number of phenols is 1. The highest BCUT2D eigenvalue weighted by Gasteiger charge is 2.33. The van der Waals surface area contributed by atoms with Gasteiger partial charge in [0.15, 0.2) is 0 Å². The van der Waals surface area contributed by atoms with Crippen molar-refractivity contribution in [2.24, 2.45) is 0 Å². The van der Waals surface area contributed by atoms with Crippen molar-refractivity contribution in [3.8, 4) is 34.1 Å². The lowest BCUT2D eigenvalue weighted by Crippen LogP contribution is -2.22. The molecule has 0 fully saturated rings. The van der Waals surface area contributed by atoms with Crippen molar-refractivity contribution in [3.63, 3.8) is 0 Å². The Kier molecular flexibility index (Phi) is 6.70. The van der Waals surface area contributed by atoms with E-state index in [1.807, 2.05) is 66.7 Å². The Labute approximate surface area is 230 Å². The smallest absolute Gasteiger partial charge is 0.312 e. The Morgan fingerprint density at radius 2 is 1.65 bits per heavy atom. The van der Waals surface area contributed by atoms with Gasteiger partial charge >= 0.3 is 5.97 Å². The molecule has 0 saturated heterocycles. The zero-order valence-electron chi connectivity index (χ0n) is 21.8. The van der Waals surface area contributed by atoms with Crippen molar-refractivity contribution in [2.75, 3.05) is 13.7 Å². The summed E-state index contributed by atoms with van der Waals surface area (Å²) in [5.74, 6) is 0.534. The van der Waals surface area contributed by atoms with E-state index in [0.717, 1.165) is 23.3 Å². The van der Waals surface area contributed by atoms with Crippen LogP contribution < -0.4 is 19.6 Å². The van der Waals surface area contributed by atoms with E-state index in [9.17, 15) is 14.7 Å². The summed E-state index contributed by atoms with van der Waals surface area (Å²) < 4.78 is 22.6. The van der Waals surface area contributed by atoms with Gasteiger partial charge in [-0.15, -0.1) is 0 Å². The van der Waals surface area contributed by atoms with E-state index in [0.29, 0.717) is 29.0 Å². The average molecular weight is 535 g/mol. The minimum absolute atomic E-state index is 0.0570. The average Bonchev–Trinajstić information content (AvgIpc) is 2.98. The molecule has 0 saturated carbocycles. The van der Waals surface area contributed by atoms with Gasteiger partial charge in [-0.1, -0.05) is 54.6 Å². The van der Waals surface area contributed by atoms with Gasteiger partial charge in [0.2, 0.25) is 5.43 Å². The molecule has 0 radical (unpaired) electrons. The molecule has 1 N–H and O–H groups in total. The zero-order valence-corrected chi connectivity index (χ0v) is 21.8. The summed E-state index contributed by atoms with van der Waals surface area (Å²) in [7, 11) is 1.64. The fourth-order valence-electron chi connectivity index (χ4n) is 5.11. The Morgan fingerprint density at radius 3 is 2.38 bits per heavy atom. The van der Waals surface area contributed by atoms with Crippen LogP contribution in [0.1, 0.15) is 29.0 Å². The molecular weight excluding hydrogens is 508 g/mol. The van der Waals surface area contributed by atoms with E-state index >= 15 is 0 Å². The molecule has 1 aliphatic rings. The zero-order chi connectivity index (χ0) is 27.6. The lowest BCUT2D eigenvalue weighted by Gasteiger charge is -2.26. The van der Waals surface area contributed by atoms with E-state index in [4.69, 9.17) is 18.6 Å². The SMILES string of the molecule is COc1ccc(CCOc2ccc([C@H]3CC(=O)Oc4cc(O)c5c(=O)c(-c6ccccc6)coc5c43)cc2)cc1. The molecule has 0 amide bonds. The molecule has 0 bridgehead atoms. The maximum Gasteiger partial charge on any atom is 0.312 e. The van der Waals surface area contributed by atoms with Gasteiger partial charge in [-0.3, -0.25) is 9.59 Å². The van der Waals surface area contributed by atoms with Gasteiger partial charge in [0.25, 0.3) is 0 Å². The second-order valence-electron chi connectivity index (χ2n) is 9.60. The van der Waals surface area contributed by atoms with Gasteiger partial charge in [0.05, 0.1) is 25.7 Å². The van der Waals surface area contributed by atoms with E-state index < -0.39 is 11.9 Å². The van der Waals surface area contributed by atoms with Gasteiger partial charge in [-0.05, 0) is 41.0 Å². The fourth-order valence-corrected chi connectivity index (χ4v) is 5.11. The maximum absolute atomic E-state index is 13.5. The van der Waals surface area contributed by atoms with Gasteiger partial charge in [0, 0.05) is 24.0 Å². The maximum atomic E-state index is 13.5. The minimum atomic E-state index is -0.432. The van der Waals surface area contributed by atoms with E-state index in [1.54, 1.807) is 19.2 Å². The number of hydrogen-bond donors (Lipinski definition) is 1. The fraction of sp³-hybridized carbons (Fsp3) is 0.152. The first kappa shape index (κ1) is 25.2. The van der Waals surface area contributed by atoms with E-state index in [1.165, 1.54) is 12.3 Å². The van der Waals surface area contributed by atoms with Crippen LogP contribution in [0.25, 0.3) is 22.1 Å². The van der Waals surface area contributed by atoms with Gasteiger partial charge in [-0.25, -0.2) is 0 Å². The molecule has 7 nitrogen and oxygen atoms in total. The first-order valence-corrected chi connectivity index (χ1v) is 12.9. The summed E-state index contributed by atoms with van der Waals surface area (Å²) in [6, 6.07) is 25.8. The van der Waals surface area contributed by atoms with Crippen molar-refractivity contribution in [2.45, 2.75) is 18.8 Å². The van der Waals surface area contributed by atoms with Crippen molar-refractivity contribution >= 4 is 16.9 Å². The molecule has 0 aliphatic carbocycles. The number of esters is 1. The molecule has 6 rings (SSSR count). The van der Waals surface area contributed by atoms with Crippen LogP contribution in [0.15, 0.2) is 100 Å². The summed E-state index contributed by atoms with van der Waals surface area (Å²) in [6.07, 6.45) is 2.20. The third kappa shape index (κ3) is 4.78. The molecule has 1 aromatic heterocycles. The van der Waals surface area contributed by atoms with Gasteiger partial charge in [-0.2, -0.15) is 0 Å². The van der Waals surface area contributed by atoms with Gasteiger partial charge < -0.3 is 23.7 Å². The standard InChI is InChI=1S/C33H26O7/c1-37-23-11-7-20(8-12-23)15-16-38-24-13-9-22(10-14-24)25-17-29(35)40-28-18-27(34)31-32(36)26(19-39-33(31)30(25)28)21-5-3-2-4-6-21/h2-14,18-19,25,34H,15-17H2,1H3/t25-/m1/s1. The molecule has 0 spiro atoms. The highest BCUT2D eigenvalue weighted by atomic mass is 16.5. The molecule has 1 atom stereocenters. The molecule has 7 heteroatoms. The van der Waals surface area contributed by atoms with Crippen molar-refractivity contribution in [3.05, 3.63) is 118 Å². The first-order chi connectivity index (χ1) is 19.5. The summed E-state index contributed by atoms with van der Waals surface area (Å²) in [4.78, 5) is 26.0. The van der Waals surface area contributed by atoms with Crippen LogP contribution in [-0.2, 0) is 11.2 Å². The summed E-state index contributed by atoms with van der Waals surface area (Å²) in [6.45, 7) is 0.503. The molecule has 0 unspecified atom stereocenters. The number of hydrogen-bond acceptors (Lipinski definition) is 7. The Morgan fingerprint density at radius 1 is 0.925 bits per heavy atom.